The molecule has 0 N–H and O–H groups in total. The van der Waals surface area contributed by atoms with E-state index in [9.17, 15) is 0 Å². The van der Waals surface area contributed by atoms with Crippen LogP contribution in [0.25, 0.3) is 0 Å². The van der Waals surface area contributed by atoms with Crippen LogP contribution in [0.5, 0.6) is 11.6 Å². The van der Waals surface area contributed by atoms with Crippen molar-refractivity contribution >= 4 is 22.6 Å². The lowest BCUT2D eigenvalue weighted by molar-refractivity contribution is 0.457. The number of halogens is 1. The Morgan fingerprint density at radius 3 is 2.56 bits per heavy atom. The fourth-order valence-electron chi connectivity index (χ4n) is 0.970. The Kier molecular flexibility index (Phi) is 3.26. The quantitative estimate of drug-likeness (QED) is 0.625. The molecule has 78 valence electrons. The fraction of sp³-hybridized carbons (Fsp3) is 0. The topological polar surface area (TPSA) is 71.7 Å². The number of hydrogen-bond acceptors (Lipinski definition) is 5. The molecule has 0 saturated heterocycles. The van der Waals surface area contributed by atoms with E-state index in [1.54, 1.807) is 12.3 Å². The summed E-state index contributed by atoms with van der Waals surface area (Å²) < 4.78 is 6.27. The molecule has 0 atom stereocenters. The van der Waals surface area contributed by atoms with E-state index in [1.165, 1.54) is 12.4 Å². The standard InChI is InChI=1S/C10H5IN4O/c11-9-2-1-8(5-14-9)16-10-6-13-7(3-12)4-15-10/h1-2,4-6H. The summed E-state index contributed by atoms with van der Waals surface area (Å²) in [7, 11) is 0. The van der Waals surface area contributed by atoms with Gasteiger partial charge in [-0.15, -0.1) is 0 Å². The normalized spacial score (nSPS) is 9.50. The van der Waals surface area contributed by atoms with E-state index in [-0.39, 0.29) is 5.69 Å². The van der Waals surface area contributed by atoms with Gasteiger partial charge < -0.3 is 4.74 Å². The molecule has 16 heavy (non-hydrogen) atoms. The highest BCUT2D eigenvalue weighted by atomic mass is 127. The molecule has 2 heterocycles. The van der Waals surface area contributed by atoms with Gasteiger partial charge in [-0.25, -0.2) is 15.0 Å². The zero-order valence-corrected chi connectivity index (χ0v) is 10.1. The Morgan fingerprint density at radius 1 is 1.12 bits per heavy atom. The summed E-state index contributed by atoms with van der Waals surface area (Å²) in [6.07, 6.45) is 4.35. The highest BCUT2D eigenvalue weighted by Gasteiger charge is 2.00. The third-order valence-corrected chi connectivity index (χ3v) is 2.30. The minimum Gasteiger partial charge on any atom is -0.436 e. The molecule has 5 nitrogen and oxygen atoms in total. The lowest BCUT2D eigenvalue weighted by Crippen LogP contribution is -1.91. The first-order valence-corrected chi connectivity index (χ1v) is 5.37. The van der Waals surface area contributed by atoms with Crippen molar-refractivity contribution in [2.24, 2.45) is 0 Å². The highest BCUT2D eigenvalue weighted by molar-refractivity contribution is 14.1. The Morgan fingerprint density at radius 2 is 2.00 bits per heavy atom. The molecule has 2 aromatic heterocycles. The Bertz CT molecular complexity index is 518. The van der Waals surface area contributed by atoms with Crippen LogP contribution in [0.3, 0.4) is 0 Å². The smallest absolute Gasteiger partial charge is 0.237 e. The monoisotopic (exact) mass is 324 g/mol. The van der Waals surface area contributed by atoms with Crippen molar-refractivity contribution in [3.8, 4) is 17.7 Å². The third kappa shape index (κ3) is 2.64. The van der Waals surface area contributed by atoms with E-state index >= 15 is 0 Å². The number of ether oxygens (including phenoxy) is 1. The molecule has 0 aromatic carbocycles. The summed E-state index contributed by atoms with van der Waals surface area (Å²) in [5.74, 6) is 0.918. The van der Waals surface area contributed by atoms with Crippen molar-refractivity contribution in [3.05, 3.63) is 40.1 Å². The molecule has 2 aromatic rings. The van der Waals surface area contributed by atoms with Gasteiger partial charge >= 0.3 is 0 Å². The van der Waals surface area contributed by atoms with Gasteiger partial charge in [0.25, 0.3) is 0 Å². The molecule has 0 fully saturated rings. The third-order valence-electron chi connectivity index (χ3n) is 1.67. The van der Waals surface area contributed by atoms with E-state index in [1.807, 2.05) is 12.1 Å². The van der Waals surface area contributed by atoms with Gasteiger partial charge in [0.1, 0.15) is 15.5 Å². The summed E-state index contributed by atoms with van der Waals surface area (Å²) >= 11 is 2.11. The van der Waals surface area contributed by atoms with E-state index in [0.717, 1.165) is 3.70 Å². The summed E-state index contributed by atoms with van der Waals surface area (Å²) in [5, 5.41) is 8.54. The second kappa shape index (κ2) is 4.85. The molecular weight excluding hydrogens is 319 g/mol. The van der Waals surface area contributed by atoms with Gasteiger partial charge in [0.05, 0.1) is 18.6 Å². The first kappa shape index (κ1) is 10.8. The molecule has 0 amide bonds. The number of rotatable bonds is 2. The molecule has 2 rings (SSSR count). The van der Waals surface area contributed by atoms with Crippen molar-refractivity contribution in [2.75, 3.05) is 0 Å². The summed E-state index contributed by atoms with van der Waals surface area (Å²) in [6, 6.07) is 5.50. The van der Waals surface area contributed by atoms with Gasteiger partial charge in [-0.1, -0.05) is 0 Å². The maximum atomic E-state index is 8.54. The number of aromatic nitrogens is 3. The molecule has 0 unspecified atom stereocenters. The van der Waals surface area contributed by atoms with Crippen LogP contribution in [0.2, 0.25) is 0 Å². The van der Waals surface area contributed by atoms with Gasteiger partial charge in [0.15, 0.2) is 5.69 Å². The Balaban J connectivity index is 2.15. The second-order valence-corrected chi connectivity index (χ2v) is 3.88. The van der Waals surface area contributed by atoms with Gasteiger partial charge in [0.2, 0.25) is 5.88 Å². The largest absolute Gasteiger partial charge is 0.436 e. The Hall–Kier alpha value is -1.75. The minimum atomic E-state index is 0.257. The van der Waals surface area contributed by atoms with Crippen LogP contribution < -0.4 is 4.74 Å². The highest BCUT2D eigenvalue weighted by Crippen LogP contribution is 2.17. The van der Waals surface area contributed by atoms with Crippen molar-refractivity contribution in [3.63, 3.8) is 0 Å². The zero-order chi connectivity index (χ0) is 11.4. The summed E-state index contributed by atoms with van der Waals surface area (Å²) in [6.45, 7) is 0. The second-order valence-electron chi connectivity index (χ2n) is 2.77. The first-order chi connectivity index (χ1) is 7.78. The van der Waals surface area contributed by atoms with Gasteiger partial charge in [0, 0.05) is 0 Å². The van der Waals surface area contributed by atoms with Crippen LogP contribution in [-0.4, -0.2) is 15.0 Å². The van der Waals surface area contributed by atoms with Gasteiger partial charge in [-0.3, -0.25) is 0 Å². The van der Waals surface area contributed by atoms with Gasteiger partial charge in [-0.05, 0) is 34.7 Å². The molecular formula is C10H5IN4O. The van der Waals surface area contributed by atoms with Crippen molar-refractivity contribution < 1.29 is 4.74 Å². The zero-order valence-electron chi connectivity index (χ0n) is 7.96. The molecule has 0 radical (unpaired) electrons. The average Bonchev–Trinajstić information content (AvgIpc) is 2.33. The van der Waals surface area contributed by atoms with Crippen LogP contribution in [0, 0.1) is 15.0 Å². The van der Waals surface area contributed by atoms with Crippen molar-refractivity contribution in [1.82, 2.24) is 15.0 Å². The SMILES string of the molecule is N#Cc1cnc(Oc2ccc(I)nc2)cn1. The van der Waals surface area contributed by atoms with Crippen LogP contribution in [0.1, 0.15) is 5.69 Å². The lowest BCUT2D eigenvalue weighted by Gasteiger charge is -2.02. The lowest BCUT2D eigenvalue weighted by atomic mass is 10.4. The predicted molar refractivity (Wildman–Crippen MR) is 63.8 cm³/mol. The van der Waals surface area contributed by atoms with Crippen molar-refractivity contribution in [1.29, 1.82) is 5.26 Å². The summed E-state index contributed by atoms with van der Waals surface area (Å²) in [4.78, 5) is 11.8. The number of pyridine rings is 1. The van der Waals surface area contributed by atoms with Crippen LogP contribution in [0.4, 0.5) is 0 Å². The number of hydrogen-bond donors (Lipinski definition) is 0. The molecule has 0 aliphatic carbocycles. The number of nitrogens with zero attached hydrogens (tertiary/aromatic N) is 4. The fourth-order valence-corrected chi connectivity index (χ4v) is 1.29. The van der Waals surface area contributed by atoms with Gasteiger partial charge in [-0.2, -0.15) is 5.26 Å². The first-order valence-electron chi connectivity index (χ1n) is 4.29. The maximum Gasteiger partial charge on any atom is 0.237 e. The van der Waals surface area contributed by atoms with Crippen LogP contribution in [0.15, 0.2) is 30.7 Å². The average molecular weight is 324 g/mol. The van der Waals surface area contributed by atoms with E-state index in [0.29, 0.717) is 11.6 Å². The van der Waals surface area contributed by atoms with Crippen LogP contribution in [-0.2, 0) is 0 Å². The van der Waals surface area contributed by atoms with E-state index in [2.05, 4.69) is 37.5 Å². The van der Waals surface area contributed by atoms with Crippen LogP contribution >= 0.6 is 22.6 Å². The minimum absolute atomic E-state index is 0.257. The molecule has 0 bridgehead atoms. The molecule has 6 heteroatoms. The molecule has 0 spiro atoms. The van der Waals surface area contributed by atoms with Crippen molar-refractivity contribution in [2.45, 2.75) is 0 Å². The Labute approximate surface area is 105 Å². The molecule has 0 aliphatic rings. The predicted octanol–water partition coefficient (Wildman–Crippen LogP) is 2.14. The maximum absolute atomic E-state index is 8.54. The van der Waals surface area contributed by atoms with E-state index in [4.69, 9.17) is 10.00 Å². The molecule has 0 aliphatic heterocycles. The summed E-state index contributed by atoms with van der Waals surface area (Å²) in [5.41, 5.74) is 0.257. The number of nitriles is 1. The molecule has 0 saturated carbocycles. The van der Waals surface area contributed by atoms with E-state index < -0.39 is 0 Å².